The van der Waals surface area contributed by atoms with Gasteiger partial charge in [0.15, 0.2) is 0 Å². The Hall–Kier alpha value is 0.0800. The fraction of sp³-hybridized carbons (Fsp3) is 0.600. The van der Waals surface area contributed by atoms with E-state index in [1.54, 1.807) is 13.2 Å². The molecule has 0 bridgehead atoms. The molecule has 2 aromatic heterocycles. The summed E-state index contributed by atoms with van der Waals surface area (Å²) in [5.41, 5.74) is 0.877. The summed E-state index contributed by atoms with van der Waals surface area (Å²) in [5, 5.41) is 5.45. The largest absolute Gasteiger partial charge is 0.385 e. The van der Waals surface area contributed by atoms with Crippen molar-refractivity contribution in [2.24, 2.45) is 5.14 Å². The molecule has 214 valence electrons. The van der Waals surface area contributed by atoms with Gasteiger partial charge < -0.3 is 23.7 Å². The van der Waals surface area contributed by atoms with Gasteiger partial charge in [0, 0.05) is 31.4 Å². The number of hydrogen-bond donors (Lipinski definition) is 1. The number of hydrogen-bond acceptors (Lipinski definition) is 11. The van der Waals surface area contributed by atoms with E-state index in [4.69, 9.17) is 52.0 Å². The molecule has 0 unspecified atom stereocenters. The fourth-order valence-corrected chi connectivity index (χ4v) is 10.8. The third-order valence-electron chi connectivity index (χ3n) is 5.81. The Labute approximate surface area is 247 Å². The molecule has 5 rings (SSSR count). The lowest BCUT2D eigenvalue weighted by Gasteiger charge is -2.37. The van der Waals surface area contributed by atoms with Gasteiger partial charge in [-0.25, -0.2) is 22.0 Å². The van der Waals surface area contributed by atoms with Gasteiger partial charge in [-0.2, -0.15) is 4.31 Å². The van der Waals surface area contributed by atoms with Crippen molar-refractivity contribution in [2.75, 3.05) is 58.6 Å². The average Bonchev–Trinajstić information content (AvgIpc) is 3.64. The van der Waals surface area contributed by atoms with Crippen LogP contribution in [0.4, 0.5) is 0 Å². The van der Waals surface area contributed by atoms with Gasteiger partial charge in [-0.1, -0.05) is 39.1 Å². The summed E-state index contributed by atoms with van der Waals surface area (Å²) in [4.78, 5) is 0. The van der Waals surface area contributed by atoms with E-state index < -0.39 is 31.6 Å². The number of primary sulfonamides is 1. The standard InChI is InChI=1S/C12H16ClNO5S2.C8H9BrClNO4S2/c1-17-4-2-3-14-8-12(18-5-6-19-12)9-7-10(13)20-11(9)21(14,15)16;9-4-8(14-1-2-15-8)5-3-6(10)16-7(5)17(11,12)13/h7H,2-6,8H2,1H3;3H,1-2,4H2,(H2,11,12,13). The van der Waals surface area contributed by atoms with Gasteiger partial charge in [0.2, 0.25) is 21.6 Å². The molecule has 3 aliphatic rings. The molecule has 0 saturated carbocycles. The summed E-state index contributed by atoms with van der Waals surface area (Å²) < 4.78 is 78.1. The van der Waals surface area contributed by atoms with Gasteiger partial charge in [-0.15, -0.1) is 22.7 Å². The number of halogens is 3. The number of nitrogens with zero attached hydrogens (tertiary/aromatic N) is 1. The van der Waals surface area contributed by atoms with Crippen LogP contribution in [0.25, 0.3) is 0 Å². The van der Waals surface area contributed by atoms with Crippen molar-refractivity contribution in [1.82, 2.24) is 4.31 Å². The topological polar surface area (TPSA) is 144 Å². The maximum atomic E-state index is 12.7. The Morgan fingerprint density at radius 2 is 1.66 bits per heavy atom. The third kappa shape index (κ3) is 6.13. The third-order valence-corrected chi connectivity index (χ3v) is 12.9. The first kappa shape index (κ1) is 31.0. The number of rotatable bonds is 7. The first-order valence-corrected chi connectivity index (χ1v) is 17.6. The molecule has 0 radical (unpaired) electrons. The zero-order chi connectivity index (χ0) is 27.8. The van der Waals surface area contributed by atoms with Crippen molar-refractivity contribution in [3.63, 3.8) is 0 Å². The SMILES string of the molecule is COCCCN1CC2(OCCO2)c2cc(Cl)sc2S1(=O)=O.NS(=O)(=O)c1sc(Cl)cc1C1(CBr)OCCO1. The lowest BCUT2D eigenvalue weighted by Crippen LogP contribution is -2.49. The molecule has 0 amide bonds. The molecule has 0 aromatic carbocycles. The number of sulfonamides is 2. The quantitative estimate of drug-likeness (QED) is 0.338. The smallest absolute Gasteiger partial charge is 0.253 e. The molecule has 0 aliphatic carbocycles. The van der Waals surface area contributed by atoms with Gasteiger partial charge in [-0.05, 0) is 18.6 Å². The van der Waals surface area contributed by atoms with E-state index in [0.717, 1.165) is 22.7 Å². The second-order valence-corrected chi connectivity index (χ2v) is 16.1. The maximum Gasteiger partial charge on any atom is 0.253 e. The van der Waals surface area contributed by atoms with Gasteiger partial charge >= 0.3 is 0 Å². The van der Waals surface area contributed by atoms with Gasteiger partial charge in [0.25, 0.3) is 10.0 Å². The normalized spacial score (nSPS) is 21.8. The first-order chi connectivity index (χ1) is 17.9. The highest BCUT2D eigenvalue weighted by Gasteiger charge is 2.52. The highest BCUT2D eigenvalue weighted by atomic mass is 79.9. The summed E-state index contributed by atoms with van der Waals surface area (Å²) >= 11 is 17.1. The van der Waals surface area contributed by atoms with Gasteiger partial charge in [0.05, 0.1) is 47.0 Å². The Bertz CT molecular complexity index is 1350. The summed E-state index contributed by atoms with van der Waals surface area (Å²) in [6.45, 7) is 2.68. The molecule has 18 heteroatoms. The minimum atomic E-state index is -3.85. The van der Waals surface area contributed by atoms with Crippen LogP contribution in [0.15, 0.2) is 20.6 Å². The van der Waals surface area contributed by atoms with Crippen LogP contribution in [0.2, 0.25) is 8.67 Å². The number of ether oxygens (including phenoxy) is 5. The van der Waals surface area contributed by atoms with Crippen LogP contribution < -0.4 is 5.14 Å². The molecule has 1 spiro atoms. The Kier molecular flexibility index (Phi) is 9.90. The molecule has 2 fully saturated rings. The fourth-order valence-electron chi connectivity index (χ4n) is 4.19. The summed E-state index contributed by atoms with van der Waals surface area (Å²) in [5.74, 6) is -2.14. The molecule has 2 aromatic rings. The summed E-state index contributed by atoms with van der Waals surface area (Å²) in [7, 11) is -5.81. The number of alkyl halides is 1. The van der Waals surface area contributed by atoms with E-state index >= 15 is 0 Å². The maximum absolute atomic E-state index is 12.7. The number of fused-ring (bicyclic) bond motifs is 2. The van der Waals surface area contributed by atoms with Crippen molar-refractivity contribution in [3.8, 4) is 0 Å². The summed E-state index contributed by atoms with van der Waals surface area (Å²) in [6, 6.07) is 3.15. The summed E-state index contributed by atoms with van der Waals surface area (Å²) in [6.07, 6.45) is 0.611. The van der Waals surface area contributed by atoms with E-state index in [9.17, 15) is 16.8 Å². The van der Waals surface area contributed by atoms with Crippen molar-refractivity contribution >= 4 is 81.9 Å². The molecule has 3 aliphatic heterocycles. The van der Waals surface area contributed by atoms with Crippen molar-refractivity contribution < 1.29 is 40.5 Å². The highest BCUT2D eigenvalue weighted by molar-refractivity contribution is 9.09. The van der Waals surface area contributed by atoms with Crippen LogP contribution in [-0.4, -0.2) is 79.7 Å². The van der Waals surface area contributed by atoms with E-state index in [0.29, 0.717) is 71.1 Å². The molecule has 5 heterocycles. The van der Waals surface area contributed by atoms with Crippen molar-refractivity contribution in [3.05, 3.63) is 31.9 Å². The zero-order valence-corrected chi connectivity index (χ0v) is 26.3. The molecular formula is C20H25BrCl2N2O9S4. The van der Waals surface area contributed by atoms with E-state index in [1.807, 2.05) is 0 Å². The van der Waals surface area contributed by atoms with Crippen molar-refractivity contribution in [2.45, 2.75) is 26.4 Å². The Morgan fingerprint density at radius 1 is 1.08 bits per heavy atom. The molecule has 38 heavy (non-hydrogen) atoms. The Balaban J connectivity index is 0.000000181. The van der Waals surface area contributed by atoms with Crippen molar-refractivity contribution in [1.29, 1.82) is 0 Å². The lowest BCUT2D eigenvalue weighted by atomic mass is 10.1. The lowest BCUT2D eigenvalue weighted by molar-refractivity contribution is -0.175. The minimum absolute atomic E-state index is 0.0242. The second-order valence-electron chi connectivity index (χ2n) is 8.27. The zero-order valence-electron chi connectivity index (χ0n) is 20.0. The molecule has 2 N–H and O–H groups in total. The van der Waals surface area contributed by atoms with Crippen LogP contribution in [-0.2, 0) is 55.3 Å². The van der Waals surface area contributed by atoms with Crippen LogP contribution in [0, 0.1) is 0 Å². The molecule has 11 nitrogen and oxygen atoms in total. The highest BCUT2D eigenvalue weighted by Crippen LogP contribution is 2.47. The Morgan fingerprint density at radius 3 is 2.24 bits per heavy atom. The number of methoxy groups -OCH3 is 1. The minimum Gasteiger partial charge on any atom is -0.385 e. The second kappa shape index (κ2) is 12.1. The van der Waals surface area contributed by atoms with Crippen LogP contribution in [0.1, 0.15) is 17.5 Å². The number of thiophene rings is 2. The molecule has 0 atom stereocenters. The van der Waals surface area contributed by atoms with Crippen LogP contribution in [0.3, 0.4) is 0 Å². The van der Waals surface area contributed by atoms with E-state index in [-0.39, 0.29) is 15.0 Å². The van der Waals surface area contributed by atoms with Gasteiger partial charge in [0.1, 0.15) is 8.42 Å². The first-order valence-electron chi connectivity index (χ1n) is 11.1. The van der Waals surface area contributed by atoms with Gasteiger partial charge in [-0.3, -0.25) is 0 Å². The molecule has 2 saturated heterocycles. The predicted molar refractivity (Wildman–Crippen MR) is 146 cm³/mol. The monoisotopic (exact) mass is 714 g/mol. The van der Waals surface area contributed by atoms with E-state index in [2.05, 4.69) is 15.9 Å². The molecular weight excluding hydrogens is 691 g/mol. The average molecular weight is 717 g/mol. The van der Waals surface area contributed by atoms with E-state index in [1.165, 1.54) is 10.4 Å². The number of nitrogens with two attached hydrogens (primary N) is 1. The van der Waals surface area contributed by atoms with Crippen LogP contribution >= 0.6 is 61.8 Å². The van der Waals surface area contributed by atoms with Crippen LogP contribution in [0.5, 0.6) is 0 Å². The predicted octanol–water partition coefficient (Wildman–Crippen LogP) is 3.29.